The van der Waals surface area contributed by atoms with Gasteiger partial charge in [0.15, 0.2) is 11.5 Å². The maximum absolute atomic E-state index is 10.1. The highest BCUT2D eigenvalue weighted by atomic mass is 16.5. The van der Waals surface area contributed by atoms with Gasteiger partial charge in [-0.15, -0.1) is 0 Å². The molecule has 4 rings (SSSR count). The molecule has 1 aromatic rings. The molecule has 0 saturated heterocycles. The topological polar surface area (TPSA) is 41.9 Å². The van der Waals surface area contributed by atoms with Crippen LogP contribution in [0.4, 0.5) is 0 Å². The fourth-order valence-electron chi connectivity index (χ4n) is 4.27. The molecule has 0 aromatic heterocycles. The number of methoxy groups -OCH3 is 2. The fraction of sp³-hybridized carbons (Fsp3) is 0.444. The third kappa shape index (κ3) is 1.67. The molecule has 4 heteroatoms. The zero-order valence-corrected chi connectivity index (χ0v) is 13.1. The summed E-state index contributed by atoms with van der Waals surface area (Å²) in [5, 5.41) is 10.1. The second-order valence-electron chi connectivity index (χ2n) is 6.21. The van der Waals surface area contributed by atoms with Gasteiger partial charge in [-0.1, -0.05) is 6.08 Å². The van der Waals surface area contributed by atoms with Gasteiger partial charge >= 0.3 is 0 Å². The summed E-state index contributed by atoms with van der Waals surface area (Å²) in [6, 6.07) is 3.91. The van der Waals surface area contributed by atoms with E-state index >= 15 is 0 Å². The predicted molar refractivity (Wildman–Crippen MR) is 84.0 cm³/mol. The van der Waals surface area contributed by atoms with E-state index in [1.807, 2.05) is 12.1 Å². The maximum atomic E-state index is 10.1. The first kappa shape index (κ1) is 13.7. The standard InChI is InChI=1S/C18H21NO3/c1-21-14-3-6-18-13(10-14)5-8-19(18)7-4-12-9-16(20)17(22-2)11-15(12)18/h5,9-11,20H,3-4,6-8H2,1-2H3. The lowest BCUT2D eigenvalue weighted by atomic mass is 9.71. The van der Waals surface area contributed by atoms with Crippen LogP contribution in [-0.4, -0.2) is 37.3 Å². The Morgan fingerprint density at radius 3 is 2.82 bits per heavy atom. The van der Waals surface area contributed by atoms with Crippen molar-refractivity contribution in [3.05, 3.63) is 46.7 Å². The van der Waals surface area contributed by atoms with E-state index in [0.29, 0.717) is 5.75 Å². The quantitative estimate of drug-likeness (QED) is 0.912. The molecule has 0 fully saturated rings. The molecule has 4 nitrogen and oxygen atoms in total. The molecule has 2 heterocycles. The Kier molecular flexibility index (Phi) is 2.98. The molecule has 22 heavy (non-hydrogen) atoms. The van der Waals surface area contributed by atoms with Crippen LogP contribution in [0.2, 0.25) is 0 Å². The van der Waals surface area contributed by atoms with Gasteiger partial charge in [-0.05, 0) is 47.8 Å². The Hall–Kier alpha value is -1.94. The molecule has 0 amide bonds. The third-order valence-corrected chi connectivity index (χ3v) is 5.36. The molecule has 1 aliphatic carbocycles. The van der Waals surface area contributed by atoms with Gasteiger partial charge in [0.2, 0.25) is 0 Å². The minimum atomic E-state index is -0.0728. The van der Waals surface area contributed by atoms with Crippen molar-refractivity contribution in [3.63, 3.8) is 0 Å². The number of ether oxygens (including phenoxy) is 2. The van der Waals surface area contributed by atoms with Crippen molar-refractivity contribution < 1.29 is 14.6 Å². The lowest BCUT2D eigenvalue weighted by Crippen LogP contribution is -2.49. The van der Waals surface area contributed by atoms with Crippen molar-refractivity contribution in [2.75, 3.05) is 27.3 Å². The van der Waals surface area contributed by atoms with Gasteiger partial charge in [0, 0.05) is 19.5 Å². The number of fused-ring (bicyclic) bond motifs is 1. The van der Waals surface area contributed by atoms with Crippen LogP contribution in [0.5, 0.6) is 11.5 Å². The molecule has 0 saturated carbocycles. The molecule has 1 spiro atoms. The summed E-state index contributed by atoms with van der Waals surface area (Å²) in [6.45, 7) is 2.00. The Balaban J connectivity index is 1.90. The summed E-state index contributed by atoms with van der Waals surface area (Å²) in [5.74, 6) is 1.85. The minimum Gasteiger partial charge on any atom is -0.504 e. The van der Waals surface area contributed by atoms with E-state index < -0.39 is 0 Å². The van der Waals surface area contributed by atoms with Crippen molar-refractivity contribution in [1.29, 1.82) is 0 Å². The summed E-state index contributed by atoms with van der Waals surface area (Å²) in [4.78, 5) is 2.55. The Morgan fingerprint density at radius 2 is 2.05 bits per heavy atom. The third-order valence-electron chi connectivity index (χ3n) is 5.36. The predicted octanol–water partition coefficient (Wildman–Crippen LogP) is 2.72. The first-order chi connectivity index (χ1) is 10.7. The number of hydrogen-bond donors (Lipinski definition) is 1. The molecule has 1 atom stereocenters. The molecule has 1 unspecified atom stereocenters. The number of nitrogens with zero attached hydrogens (tertiary/aromatic N) is 1. The highest BCUT2D eigenvalue weighted by Gasteiger charge is 2.49. The van der Waals surface area contributed by atoms with Crippen molar-refractivity contribution >= 4 is 0 Å². The monoisotopic (exact) mass is 299 g/mol. The lowest BCUT2D eigenvalue weighted by Gasteiger charge is -2.47. The van der Waals surface area contributed by atoms with E-state index in [9.17, 15) is 5.11 Å². The van der Waals surface area contributed by atoms with Crippen LogP contribution >= 0.6 is 0 Å². The van der Waals surface area contributed by atoms with Crippen LogP contribution < -0.4 is 4.74 Å². The molecule has 2 aliphatic heterocycles. The van der Waals surface area contributed by atoms with Crippen molar-refractivity contribution in [3.8, 4) is 11.5 Å². The van der Waals surface area contributed by atoms with Crippen molar-refractivity contribution in [1.82, 2.24) is 4.90 Å². The van der Waals surface area contributed by atoms with Crippen LogP contribution in [0.3, 0.4) is 0 Å². The highest BCUT2D eigenvalue weighted by Crippen LogP contribution is 2.52. The number of hydrogen-bond acceptors (Lipinski definition) is 4. The second kappa shape index (κ2) is 4.78. The Bertz CT molecular complexity index is 692. The summed E-state index contributed by atoms with van der Waals surface area (Å²) in [7, 11) is 3.35. The molecule has 0 bridgehead atoms. The van der Waals surface area contributed by atoms with Gasteiger partial charge in [-0.3, -0.25) is 4.90 Å². The Labute approximate surface area is 130 Å². The molecule has 1 N–H and O–H groups in total. The fourth-order valence-corrected chi connectivity index (χ4v) is 4.27. The normalized spacial score (nSPS) is 26.5. The van der Waals surface area contributed by atoms with E-state index in [2.05, 4.69) is 17.1 Å². The first-order valence-electron chi connectivity index (χ1n) is 7.79. The van der Waals surface area contributed by atoms with Crippen LogP contribution in [0.1, 0.15) is 24.0 Å². The van der Waals surface area contributed by atoms with E-state index in [1.54, 1.807) is 14.2 Å². The number of phenols is 1. The average molecular weight is 299 g/mol. The smallest absolute Gasteiger partial charge is 0.160 e. The Morgan fingerprint density at radius 1 is 1.18 bits per heavy atom. The van der Waals surface area contributed by atoms with Gasteiger partial charge in [-0.25, -0.2) is 0 Å². The molecule has 116 valence electrons. The van der Waals surface area contributed by atoms with Crippen LogP contribution in [0.25, 0.3) is 0 Å². The van der Waals surface area contributed by atoms with E-state index in [4.69, 9.17) is 9.47 Å². The largest absolute Gasteiger partial charge is 0.504 e. The molecule has 1 aromatic carbocycles. The second-order valence-corrected chi connectivity index (χ2v) is 6.21. The lowest BCUT2D eigenvalue weighted by molar-refractivity contribution is 0.119. The molecular weight excluding hydrogens is 278 g/mol. The summed E-state index contributed by atoms with van der Waals surface area (Å²) >= 11 is 0. The van der Waals surface area contributed by atoms with Crippen molar-refractivity contribution in [2.24, 2.45) is 0 Å². The zero-order chi connectivity index (χ0) is 15.3. The molecule has 3 aliphatic rings. The zero-order valence-electron chi connectivity index (χ0n) is 13.1. The van der Waals surface area contributed by atoms with Crippen LogP contribution in [0, 0.1) is 0 Å². The minimum absolute atomic E-state index is 0.0728. The number of allylic oxidation sites excluding steroid dienone is 1. The molecule has 0 radical (unpaired) electrons. The molecular formula is C18H21NO3. The van der Waals surface area contributed by atoms with Crippen molar-refractivity contribution in [2.45, 2.75) is 24.8 Å². The van der Waals surface area contributed by atoms with Gasteiger partial charge in [0.1, 0.15) is 0 Å². The maximum Gasteiger partial charge on any atom is 0.160 e. The number of aromatic hydroxyl groups is 1. The van der Waals surface area contributed by atoms with Crippen LogP contribution in [0.15, 0.2) is 35.6 Å². The van der Waals surface area contributed by atoms with Gasteiger partial charge in [-0.2, -0.15) is 0 Å². The van der Waals surface area contributed by atoms with Crippen LogP contribution in [-0.2, 0) is 16.7 Å². The van der Waals surface area contributed by atoms with Gasteiger partial charge < -0.3 is 14.6 Å². The van der Waals surface area contributed by atoms with Gasteiger partial charge in [0.05, 0.1) is 25.5 Å². The van der Waals surface area contributed by atoms with E-state index in [1.165, 1.54) is 16.7 Å². The number of phenolic OH excluding ortho intramolecular Hbond substituents is 1. The first-order valence-corrected chi connectivity index (χ1v) is 7.79. The number of rotatable bonds is 2. The number of benzene rings is 1. The summed E-state index contributed by atoms with van der Waals surface area (Å²) in [5.41, 5.74) is 3.76. The van der Waals surface area contributed by atoms with E-state index in [0.717, 1.165) is 38.1 Å². The summed E-state index contributed by atoms with van der Waals surface area (Å²) < 4.78 is 10.8. The highest BCUT2D eigenvalue weighted by molar-refractivity contribution is 5.57. The SMILES string of the molecule is COC1=CC2=CCN3CCc4cc(O)c(OC)cc4C23CC1. The van der Waals surface area contributed by atoms with Gasteiger partial charge in [0.25, 0.3) is 0 Å². The average Bonchev–Trinajstić information content (AvgIpc) is 2.92. The van der Waals surface area contributed by atoms with E-state index in [-0.39, 0.29) is 11.3 Å². The summed E-state index contributed by atoms with van der Waals surface area (Å²) in [6.07, 6.45) is 7.42.